The van der Waals surface area contributed by atoms with Crippen LogP contribution >= 0.6 is 12.2 Å². The normalized spacial score (nSPS) is 10.7. The van der Waals surface area contributed by atoms with Crippen molar-refractivity contribution in [2.75, 3.05) is 5.32 Å². The monoisotopic (exact) mass is 448 g/mol. The predicted molar refractivity (Wildman–Crippen MR) is 124 cm³/mol. The molecule has 0 saturated carbocycles. The highest BCUT2D eigenvalue weighted by Gasteiger charge is 2.11. The van der Waals surface area contributed by atoms with Crippen LogP contribution in [-0.4, -0.2) is 35.6 Å². The summed E-state index contributed by atoms with van der Waals surface area (Å²) in [5, 5.41) is 11.3. The second-order valence-corrected chi connectivity index (χ2v) is 7.39. The van der Waals surface area contributed by atoms with Gasteiger partial charge in [-0.05, 0) is 43.4 Å². The molecule has 2 heterocycles. The molecule has 0 radical (unpaired) electrons. The quantitative estimate of drug-likeness (QED) is 0.309. The molecule has 0 spiro atoms. The Hall–Kier alpha value is -4.12. The number of nitrogens with zero attached hydrogens (tertiary/aromatic N) is 5. The predicted octanol–water partition coefficient (Wildman–Crippen LogP) is 1.36. The van der Waals surface area contributed by atoms with Crippen LogP contribution in [0.1, 0.15) is 11.4 Å². The van der Waals surface area contributed by atoms with Gasteiger partial charge in [-0.2, -0.15) is 0 Å². The second-order valence-electron chi connectivity index (χ2n) is 6.98. The van der Waals surface area contributed by atoms with Crippen molar-refractivity contribution in [3.8, 4) is 0 Å². The molecule has 3 N–H and O–H groups in total. The summed E-state index contributed by atoms with van der Waals surface area (Å²) in [4.78, 5) is 29.1. The number of benzene rings is 2. The van der Waals surface area contributed by atoms with E-state index in [0.29, 0.717) is 16.9 Å². The lowest BCUT2D eigenvalue weighted by atomic mass is 10.2. The van der Waals surface area contributed by atoms with Gasteiger partial charge in [0.25, 0.3) is 11.5 Å². The van der Waals surface area contributed by atoms with Crippen LogP contribution in [-0.2, 0) is 17.9 Å². The van der Waals surface area contributed by atoms with E-state index < -0.39 is 0 Å². The van der Waals surface area contributed by atoms with Gasteiger partial charge in [0.2, 0.25) is 0 Å². The van der Waals surface area contributed by atoms with Crippen LogP contribution in [0.15, 0.2) is 65.6 Å². The van der Waals surface area contributed by atoms with Gasteiger partial charge in [0.15, 0.2) is 5.11 Å². The van der Waals surface area contributed by atoms with E-state index in [1.165, 1.54) is 4.68 Å². The lowest BCUT2D eigenvalue weighted by Crippen LogP contribution is -2.45. The summed E-state index contributed by atoms with van der Waals surface area (Å²) in [6.45, 7) is 1.82. The Labute approximate surface area is 188 Å². The molecule has 0 aliphatic carbocycles. The fraction of sp³-hybridized carbons (Fsp3) is 0.143. The number of carbonyl (C=O) groups excluding carboxylic acids is 1. The topological polar surface area (TPSA) is 119 Å². The molecule has 11 heteroatoms. The molecule has 32 heavy (non-hydrogen) atoms. The number of anilines is 1. The Balaban J connectivity index is 1.37. The SMILES string of the molecule is Cc1nc2ccccc2n(Cc2cn(CC(=O)NNC(=S)Nc3ccccc3)nn2)c1=O. The number of nitrogens with one attached hydrogen (secondary N) is 3. The molecule has 0 atom stereocenters. The van der Waals surface area contributed by atoms with Gasteiger partial charge in [-0.3, -0.25) is 25.0 Å². The minimum atomic E-state index is -0.360. The van der Waals surface area contributed by atoms with Gasteiger partial charge in [0.1, 0.15) is 17.9 Å². The first-order valence-corrected chi connectivity index (χ1v) is 10.2. The molecule has 0 fully saturated rings. The number of rotatable bonds is 5. The number of hydrogen-bond donors (Lipinski definition) is 3. The number of para-hydroxylation sites is 3. The number of thiocarbonyl (C=S) groups is 1. The van der Waals surface area contributed by atoms with Gasteiger partial charge in [-0.1, -0.05) is 35.5 Å². The number of aromatic nitrogens is 5. The van der Waals surface area contributed by atoms with Crippen molar-refractivity contribution in [1.29, 1.82) is 0 Å². The number of hydrogen-bond acceptors (Lipinski definition) is 6. The average molecular weight is 449 g/mol. The van der Waals surface area contributed by atoms with Gasteiger partial charge in [-0.15, -0.1) is 5.10 Å². The summed E-state index contributed by atoms with van der Waals surface area (Å²) in [6, 6.07) is 16.7. The van der Waals surface area contributed by atoms with Crippen molar-refractivity contribution >= 4 is 40.0 Å². The fourth-order valence-electron chi connectivity index (χ4n) is 3.12. The first kappa shape index (κ1) is 21.1. The van der Waals surface area contributed by atoms with Crippen molar-refractivity contribution in [1.82, 2.24) is 35.4 Å². The highest BCUT2D eigenvalue weighted by atomic mass is 32.1. The lowest BCUT2D eigenvalue weighted by molar-refractivity contribution is -0.122. The molecular weight excluding hydrogens is 428 g/mol. The zero-order valence-electron chi connectivity index (χ0n) is 17.1. The van der Waals surface area contributed by atoms with Crippen molar-refractivity contribution in [2.24, 2.45) is 0 Å². The standard InChI is InChI=1S/C21H20N8O2S/c1-14-20(31)29(18-10-6-5-9-17(18)22-14)12-16-11-28(27-24-16)13-19(30)25-26-21(32)23-15-7-3-2-4-8-15/h2-11H,12-13H2,1H3,(H,25,30)(H2,23,26,32). The van der Waals surface area contributed by atoms with Gasteiger partial charge >= 0.3 is 0 Å². The van der Waals surface area contributed by atoms with Crippen LogP contribution in [0.3, 0.4) is 0 Å². The number of fused-ring (bicyclic) bond motifs is 1. The Morgan fingerprint density at radius 2 is 1.81 bits per heavy atom. The summed E-state index contributed by atoms with van der Waals surface area (Å²) >= 11 is 5.15. The van der Waals surface area contributed by atoms with E-state index in [9.17, 15) is 9.59 Å². The molecule has 10 nitrogen and oxygen atoms in total. The number of amides is 1. The first-order chi connectivity index (χ1) is 15.5. The Morgan fingerprint density at radius 3 is 2.62 bits per heavy atom. The molecule has 0 unspecified atom stereocenters. The van der Waals surface area contributed by atoms with Gasteiger partial charge in [-0.25, -0.2) is 9.67 Å². The third kappa shape index (κ3) is 4.95. The molecule has 4 rings (SSSR count). The molecule has 2 aromatic carbocycles. The van der Waals surface area contributed by atoms with E-state index in [0.717, 1.165) is 11.2 Å². The van der Waals surface area contributed by atoms with Gasteiger partial charge in [0, 0.05) is 5.69 Å². The minimum absolute atomic E-state index is 0.0705. The summed E-state index contributed by atoms with van der Waals surface area (Å²) in [5.41, 5.74) is 8.13. The number of hydrazine groups is 1. The molecule has 4 aromatic rings. The molecule has 2 aromatic heterocycles. The van der Waals surface area contributed by atoms with Crippen molar-refractivity contribution in [3.05, 3.63) is 82.5 Å². The maximum atomic E-state index is 12.6. The van der Waals surface area contributed by atoms with Crippen LogP contribution in [0.4, 0.5) is 5.69 Å². The average Bonchev–Trinajstić information content (AvgIpc) is 3.23. The molecule has 0 aliphatic heterocycles. The van der Waals surface area contributed by atoms with Crippen LogP contribution in [0.5, 0.6) is 0 Å². The molecule has 0 bridgehead atoms. The smallest absolute Gasteiger partial charge is 0.272 e. The maximum Gasteiger partial charge on any atom is 0.272 e. The zero-order valence-corrected chi connectivity index (χ0v) is 18.0. The third-order valence-corrected chi connectivity index (χ3v) is 4.78. The van der Waals surface area contributed by atoms with Crippen LogP contribution < -0.4 is 21.7 Å². The van der Waals surface area contributed by atoms with E-state index in [1.807, 2.05) is 54.6 Å². The molecule has 162 valence electrons. The molecule has 0 aliphatic rings. The fourth-order valence-corrected chi connectivity index (χ4v) is 3.29. The van der Waals surface area contributed by atoms with Crippen LogP contribution in [0.25, 0.3) is 11.0 Å². The highest BCUT2D eigenvalue weighted by molar-refractivity contribution is 7.80. The van der Waals surface area contributed by atoms with Gasteiger partial charge in [0.05, 0.1) is 23.8 Å². The lowest BCUT2D eigenvalue weighted by Gasteiger charge is -2.11. The summed E-state index contributed by atoms with van der Waals surface area (Å²) in [6.07, 6.45) is 1.62. The largest absolute Gasteiger partial charge is 0.331 e. The van der Waals surface area contributed by atoms with E-state index in [2.05, 4.69) is 31.5 Å². The summed E-state index contributed by atoms with van der Waals surface area (Å²) in [5.74, 6) is -0.360. The molecular formula is C21H20N8O2S. The Bertz CT molecular complexity index is 1330. The first-order valence-electron chi connectivity index (χ1n) is 9.75. The maximum absolute atomic E-state index is 12.6. The summed E-state index contributed by atoms with van der Waals surface area (Å²) in [7, 11) is 0. The minimum Gasteiger partial charge on any atom is -0.331 e. The Kier molecular flexibility index (Phi) is 6.17. The molecule has 0 saturated heterocycles. The van der Waals surface area contributed by atoms with E-state index in [1.54, 1.807) is 17.7 Å². The van der Waals surface area contributed by atoms with Gasteiger partial charge < -0.3 is 5.32 Å². The number of carbonyl (C=O) groups is 1. The molecule has 1 amide bonds. The van der Waals surface area contributed by atoms with Crippen molar-refractivity contribution in [3.63, 3.8) is 0 Å². The van der Waals surface area contributed by atoms with E-state index in [-0.39, 0.29) is 29.7 Å². The highest BCUT2D eigenvalue weighted by Crippen LogP contribution is 2.11. The second kappa shape index (κ2) is 9.35. The Morgan fingerprint density at radius 1 is 1.06 bits per heavy atom. The van der Waals surface area contributed by atoms with Crippen LogP contribution in [0.2, 0.25) is 0 Å². The van der Waals surface area contributed by atoms with Crippen molar-refractivity contribution < 1.29 is 4.79 Å². The summed E-state index contributed by atoms with van der Waals surface area (Å²) < 4.78 is 2.99. The van der Waals surface area contributed by atoms with E-state index >= 15 is 0 Å². The number of aryl methyl sites for hydroxylation is 1. The third-order valence-electron chi connectivity index (χ3n) is 4.57. The van der Waals surface area contributed by atoms with E-state index in [4.69, 9.17) is 12.2 Å². The van der Waals surface area contributed by atoms with Crippen molar-refractivity contribution in [2.45, 2.75) is 20.0 Å². The van der Waals surface area contributed by atoms with Crippen LogP contribution in [0, 0.1) is 6.92 Å². The zero-order chi connectivity index (χ0) is 22.5.